The topological polar surface area (TPSA) is 44.9 Å². The fraction of sp³-hybridized carbons (Fsp3) is 0.357. The highest BCUT2D eigenvalue weighted by Crippen LogP contribution is 2.21. The Morgan fingerprint density at radius 3 is 2.76 bits per heavy atom. The number of carbonyl (C=O) groups excluding carboxylic acids is 1. The Morgan fingerprint density at radius 2 is 2.12 bits per heavy atom. The van der Waals surface area contributed by atoms with Crippen molar-refractivity contribution in [2.24, 2.45) is 0 Å². The van der Waals surface area contributed by atoms with Gasteiger partial charge in [0.15, 0.2) is 0 Å². The molecular formula is C14H18N2O. The fourth-order valence-corrected chi connectivity index (χ4v) is 1.91. The van der Waals surface area contributed by atoms with E-state index in [-0.39, 0.29) is 11.9 Å². The molecular weight excluding hydrogens is 212 g/mol. The van der Waals surface area contributed by atoms with Gasteiger partial charge in [-0.1, -0.05) is 25.1 Å². The van der Waals surface area contributed by atoms with E-state index in [1.165, 1.54) is 0 Å². The van der Waals surface area contributed by atoms with Crippen LogP contribution in [-0.2, 0) is 0 Å². The molecule has 1 heterocycles. The number of hydrogen-bond acceptors (Lipinski definition) is 1. The van der Waals surface area contributed by atoms with Crippen LogP contribution in [0.4, 0.5) is 0 Å². The summed E-state index contributed by atoms with van der Waals surface area (Å²) in [6.07, 6.45) is 0.936. The van der Waals surface area contributed by atoms with Crippen molar-refractivity contribution in [3.63, 3.8) is 0 Å². The van der Waals surface area contributed by atoms with E-state index in [2.05, 4.69) is 17.2 Å². The minimum atomic E-state index is -0.0203. The average Bonchev–Trinajstić information content (AvgIpc) is 2.67. The van der Waals surface area contributed by atoms with E-state index in [9.17, 15) is 4.79 Å². The number of carbonyl (C=O) groups is 1. The van der Waals surface area contributed by atoms with Crippen molar-refractivity contribution in [3.05, 3.63) is 35.5 Å². The third-order valence-corrected chi connectivity index (χ3v) is 3.18. The lowest BCUT2D eigenvalue weighted by atomic mass is 10.1. The summed E-state index contributed by atoms with van der Waals surface area (Å²) in [5, 5.41) is 4.09. The zero-order valence-electron chi connectivity index (χ0n) is 10.5. The molecule has 0 aliphatic heterocycles. The Bertz CT molecular complexity index is 542. The molecule has 2 aromatic rings. The summed E-state index contributed by atoms with van der Waals surface area (Å²) in [7, 11) is 0. The van der Waals surface area contributed by atoms with Crippen LogP contribution in [0.25, 0.3) is 10.9 Å². The molecule has 0 saturated carbocycles. The fourth-order valence-electron chi connectivity index (χ4n) is 1.91. The summed E-state index contributed by atoms with van der Waals surface area (Å²) >= 11 is 0. The molecule has 1 unspecified atom stereocenters. The summed E-state index contributed by atoms with van der Waals surface area (Å²) < 4.78 is 0. The Labute approximate surface area is 101 Å². The van der Waals surface area contributed by atoms with Gasteiger partial charge in [-0.05, 0) is 31.9 Å². The van der Waals surface area contributed by atoms with Crippen LogP contribution >= 0.6 is 0 Å². The van der Waals surface area contributed by atoms with Gasteiger partial charge in [0.25, 0.3) is 5.91 Å². The van der Waals surface area contributed by atoms with Gasteiger partial charge in [-0.3, -0.25) is 4.79 Å². The van der Waals surface area contributed by atoms with Crippen molar-refractivity contribution < 1.29 is 4.79 Å². The van der Waals surface area contributed by atoms with Gasteiger partial charge in [-0.25, -0.2) is 0 Å². The molecule has 3 heteroatoms. The van der Waals surface area contributed by atoms with E-state index in [1.807, 2.05) is 38.1 Å². The van der Waals surface area contributed by atoms with Crippen molar-refractivity contribution in [3.8, 4) is 0 Å². The number of benzene rings is 1. The van der Waals surface area contributed by atoms with Crippen molar-refractivity contribution >= 4 is 16.8 Å². The van der Waals surface area contributed by atoms with Crippen LogP contribution in [0.1, 0.15) is 36.3 Å². The van der Waals surface area contributed by atoms with Gasteiger partial charge in [0.05, 0.1) is 0 Å². The zero-order valence-corrected chi connectivity index (χ0v) is 10.5. The molecule has 1 amide bonds. The number of nitrogens with one attached hydrogen (secondary N) is 2. The van der Waals surface area contributed by atoms with Crippen LogP contribution in [0.2, 0.25) is 0 Å². The molecule has 90 valence electrons. The van der Waals surface area contributed by atoms with Crippen LogP contribution in [0.3, 0.4) is 0 Å². The standard InChI is InChI=1S/C14H18N2O/c1-4-9(2)15-14(17)13-10(3)11-7-5-6-8-12(11)16-13/h5-9,16H,4H2,1-3H3,(H,15,17). The predicted molar refractivity (Wildman–Crippen MR) is 70.3 cm³/mol. The van der Waals surface area contributed by atoms with Gasteiger partial charge < -0.3 is 10.3 Å². The van der Waals surface area contributed by atoms with E-state index < -0.39 is 0 Å². The van der Waals surface area contributed by atoms with Crippen LogP contribution in [0.5, 0.6) is 0 Å². The molecule has 1 aromatic carbocycles. The predicted octanol–water partition coefficient (Wildman–Crippen LogP) is 3.00. The maximum Gasteiger partial charge on any atom is 0.268 e. The number of para-hydroxylation sites is 1. The number of fused-ring (bicyclic) bond motifs is 1. The molecule has 1 atom stereocenters. The first-order valence-electron chi connectivity index (χ1n) is 6.01. The molecule has 0 radical (unpaired) electrons. The lowest BCUT2D eigenvalue weighted by molar-refractivity contribution is 0.0934. The first-order valence-corrected chi connectivity index (χ1v) is 6.01. The molecule has 17 heavy (non-hydrogen) atoms. The summed E-state index contributed by atoms with van der Waals surface area (Å²) in [5.41, 5.74) is 2.70. The van der Waals surface area contributed by atoms with Crippen LogP contribution in [0.15, 0.2) is 24.3 Å². The second-order valence-corrected chi connectivity index (χ2v) is 4.45. The third-order valence-electron chi connectivity index (χ3n) is 3.18. The highest BCUT2D eigenvalue weighted by molar-refractivity contribution is 6.00. The minimum Gasteiger partial charge on any atom is -0.350 e. The third kappa shape index (κ3) is 2.18. The van der Waals surface area contributed by atoms with E-state index in [1.54, 1.807) is 0 Å². The molecule has 2 N–H and O–H groups in total. The van der Waals surface area contributed by atoms with E-state index in [0.717, 1.165) is 22.9 Å². The lowest BCUT2D eigenvalue weighted by Crippen LogP contribution is -2.32. The normalized spacial score (nSPS) is 12.6. The summed E-state index contributed by atoms with van der Waals surface area (Å²) in [5.74, 6) is -0.0203. The van der Waals surface area contributed by atoms with Crippen molar-refractivity contribution in [2.75, 3.05) is 0 Å². The maximum absolute atomic E-state index is 12.1. The Balaban J connectivity index is 2.35. The molecule has 3 nitrogen and oxygen atoms in total. The lowest BCUT2D eigenvalue weighted by Gasteiger charge is -2.10. The van der Waals surface area contributed by atoms with E-state index in [0.29, 0.717) is 5.69 Å². The highest BCUT2D eigenvalue weighted by atomic mass is 16.1. The van der Waals surface area contributed by atoms with Crippen molar-refractivity contribution in [1.82, 2.24) is 10.3 Å². The molecule has 0 saturated heterocycles. The molecule has 0 spiro atoms. The molecule has 0 bridgehead atoms. The van der Waals surface area contributed by atoms with Gasteiger partial charge in [-0.15, -0.1) is 0 Å². The zero-order chi connectivity index (χ0) is 12.4. The second-order valence-electron chi connectivity index (χ2n) is 4.45. The van der Waals surface area contributed by atoms with Gasteiger partial charge >= 0.3 is 0 Å². The van der Waals surface area contributed by atoms with Crippen molar-refractivity contribution in [1.29, 1.82) is 0 Å². The quantitative estimate of drug-likeness (QED) is 0.836. The number of aromatic amines is 1. The number of hydrogen-bond donors (Lipinski definition) is 2. The Morgan fingerprint density at radius 1 is 1.41 bits per heavy atom. The van der Waals surface area contributed by atoms with Gasteiger partial charge in [0.2, 0.25) is 0 Å². The first-order chi connectivity index (χ1) is 8.13. The summed E-state index contributed by atoms with van der Waals surface area (Å²) in [4.78, 5) is 15.2. The summed E-state index contributed by atoms with van der Waals surface area (Å²) in [6, 6.07) is 8.17. The van der Waals surface area contributed by atoms with Crippen molar-refractivity contribution in [2.45, 2.75) is 33.2 Å². The minimum absolute atomic E-state index is 0.0203. The van der Waals surface area contributed by atoms with E-state index in [4.69, 9.17) is 0 Å². The molecule has 2 rings (SSSR count). The Kier molecular flexibility index (Phi) is 3.18. The number of H-pyrrole nitrogens is 1. The van der Waals surface area contributed by atoms with Gasteiger partial charge in [0.1, 0.15) is 5.69 Å². The smallest absolute Gasteiger partial charge is 0.268 e. The Hall–Kier alpha value is -1.77. The van der Waals surface area contributed by atoms with Gasteiger partial charge in [0, 0.05) is 16.9 Å². The van der Waals surface area contributed by atoms with Crippen LogP contribution in [-0.4, -0.2) is 16.9 Å². The number of amides is 1. The van der Waals surface area contributed by atoms with Crippen LogP contribution < -0.4 is 5.32 Å². The van der Waals surface area contributed by atoms with Crippen LogP contribution in [0, 0.1) is 6.92 Å². The second kappa shape index (κ2) is 4.62. The first kappa shape index (κ1) is 11.7. The van der Waals surface area contributed by atoms with Gasteiger partial charge in [-0.2, -0.15) is 0 Å². The SMILES string of the molecule is CCC(C)NC(=O)c1[nH]c2ccccc2c1C. The maximum atomic E-state index is 12.1. The van der Waals surface area contributed by atoms with E-state index >= 15 is 0 Å². The monoisotopic (exact) mass is 230 g/mol. The highest BCUT2D eigenvalue weighted by Gasteiger charge is 2.15. The number of aromatic nitrogens is 1. The average molecular weight is 230 g/mol. The molecule has 0 aliphatic rings. The molecule has 1 aromatic heterocycles. The largest absolute Gasteiger partial charge is 0.350 e. The molecule has 0 fully saturated rings. The summed E-state index contributed by atoms with van der Waals surface area (Å²) in [6.45, 7) is 6.04. The number of aryl methyl sites for hydroxylation is 1. The molecule has 0 aliphatic carbocycles. The number of rotatable bonds is 3.